The van der Waals surface area contributed by atoms with Crippen molar-refractivity contribution in [2.45, 2.75) is 31.6 Å². The Morgan fingerprint density at radius 3 is 2.25 bits per heavy atom. The third kappa shape index (κ3) is 5.04. The Hall–Kier alpha value is -3.00. The number of hydrogen-bond acceptors (Lipinski definition) is 2. The van der Waals surface area contributed by atoms with Gasteiger partial charge in [-0.3, -0.25) is 0 Å². The molecule has 0 bridgehead atoms. The molecular weight excluding hydrogens is 344 g/mol. The van der Waals surface area contributed by atoms with Crippen molar-refractivity contribution in [1.29, 1.82) is 0 Å². The molecule has 0 saturated carbocycles. The van der Waals surface area contributed by atoms with E-state index in [0.717, 1.165) is 36.5 Å². The van der Waals surface area contributed by atoms with Gasteiger partial charge >= 0.3 is 0 Å². The Bertz CT molecular complexity index is 884. The number of allylic oxidation sites excluding steroid dienone is 1. The number of methoxy groups -OCH3 is 1. The highest BCUT2D eigenvalue weighted by atomic mass is 16.5. The van der Waals surface area contributed by atoms with E-state index < -0.39 is 0 Å². The summed E-state index contributed by atoms with van der Waals surface area (Å²) in [5.74, 6) is 2.62. The fourth-order valence-electron chi connectivity index (χ4n) is 3.38. The van der Waals surface area contributed by atoms with Crippen LogP contribution in [0.4, 0.5) is 0 Å². The lowest BCUT2D eigenvalue weighted by Gasteiger charge is -2.26. The molecule has 3 aromatic rings. The first-order chi connectivity index (χ1) is 13.6. The van der Waals surface area contributed by atoms with Crippen LogP contribution in [0.5, 0.6) is 17.2 Å². The Balaban J connectivity index is 1.61. The van der Waals surface area contributed by atoms with Gasteiger partial charge in [0.05, 0.1) is 7.11 Å². The van der Waals surface area contributed by atoms with E-state index in [9.17, 15) is 0 Å². The summed E-state index contributed by atoms with van der Waals surface area (Å²) in [5, 5.41) is 0. The van der Waals surface area contributed by atoms with Gasteiger partial charge in [0, 0.05) is 5.41 Å². The predicted octanol–water partition coefficient (Wildman–Crippen LogP) is 6.95. The highest BCUT2D eigenvalue weighted by molar-refractivity contribution is 5.36. The van der Waals surface area contributed by atoms with E-state index in [0.29, 0.717) is 0 Å². The molecule has 0 aromatic heterocycles. The normalized spacial score (nSPS) is 12.8. The minimum atomic E-state index is -0.0512. The second kappa shape index (κ2) is 9.27. The second-order valence-electron chi connectivity index (χ2n) is 7.27. The highest BCUT2D eigenvalue weighted by Gasteiger charge is 2.22. The first kappa shape index (κ1) is 19.8. The highest BCUT2D eigenvalue weighted by Crippen LogP contribution is 2.32. The molecule has 3 rings (SSSR count). The fraction of sp³-hybridized carbons (Fsp3) is 0.231. The van der Waals surface area contributed by atoms with Crippen LogP contribution < -0.4 is 9.47 Å². The third-order valence-corrected chi connectivity index (χ3v) is 5.24. The number of benzene rings is 3. The summed E-state index contributed by atoms with van der Waals surface area (Å²) >= 11 is 0. The molecule has 2 heteroatoms. The van der Waals surface area contributed by atoms with Crippen LogP contribution in [0.15, 0.2) is 91.5 Å². The second-order valence-corrected chi connectivity index (χ2v) is 7.27. The molecule has 0 amide bonds. The minimum Gasteiger partial charge on any atom is -0.497 e. The Morgan fingerprint density at radius 2 is 1.57 bits per heavy atom. The van der Waals surface area contributed by atoms with Gasteiger partial charge in [0.2, 0.25) is 0 Å². The Kier molecular flexibility index (Phi) is 6.54. The van der Waals surface area contributed by atoms with E-state index in [2.05, 4.69) is 49.9 Å². The van der Waals surface area contributed by atoms with Gasteiger partial charge in [0.25, 0.3) is 0 Å². The van der Waals surface area contributed by atoms with Crippen molar-refractivity contribution in [3.05, 3.63) is 103 Å². The summed E-state index contributed by atoms with van der Waals surface area (Å²) in [5.41, 5.74) is 2.50. The van der Waals surface area contributed by atoms with Crippen LogP contribution in [0, 0.1) is 0 Å². The first-order valence-corrected chi connectivity index (χ1v) is 9.73. The molecule has 1 atom stereocenters. The van der Waals surface area contributed by atoms with Gasteiger partial charge < -0.3 is 9.47 Å². The van der Waals surface area contributed by atoms with E-state index in [1.54, 1.807) is 7.11 Å². The summed E-state index contributed by atoms with van der Waals surface area (Å²) in [6, 6.07) is 26.5. The molecule has 0 aliphatic carbocycles. The molecule has 0 spiro atoms. The van der Waals surface area contributed by atoms with Gasteiger partial charge in [-0.2, -0.15) is 0 Å². The molecule has 0 saturated heterocycles. The number of rotatable bonds is 9. The van der Waals surface area contributed by atoms with Gasteiger partial charge in [-0.15, -0.1) is 6.58 Å². The zero-order valence-electron chi connectivity index (χ0n) is 16.7. The van der Waals surface area contributed by atoms with Crippen LogP contribution in [0.3, 0.4) is 0 Å². The van der Waals surface area contributed by atoms with Crippen molar-refractivity contribution >= 4 is 0 Å². The Labute approximate surface area is 168 Å². The quantitative estimate of drug-likeness (QED) is 0.378. The molecule has 1 unspecified atom stereocenters. The van der Waals surface area contributed by atoms with E-state index in [4.69, 9.17) is 9.47 Å². The van der Waals surface area contributed by atoms with Crippen LogP contribution in [0.2, 0.25) is 0 Å². The van der Waals surface area contributed by atoms with Crippen molar-refractivity contribution in [2.24, 2.45) is 0 Å². The van der Waals surface area contributed by atoms with E-state index in [-0.39, 0.29) is 5.41 Å². The van der Waals surface area contributed by atoms with Gasteiger partial charge in [0.1, 0.15) is 17.2 Å². The lowest BCUT2D eigenvalue weighted by Crippen LogP contribution is -2.18. The van der Waals surface area contributed by atoms with Crippen molar-refractivity contribution in [3.63, 3.8) is 0 Å². The first-order valence-electron chi connectivity index (χ1n) is 9.73. The maximum absolute atomic E-state index is 5.95. The monoisotopic (exact) mass is 372 g/mol. The number of aryl methyl sites for hydroxylation is 1. The van der Waals surface area contributed by atoms with Gasteiger partial charge in [-0.1, -0.05) is 55.5 Å². The van der Waals surface area contributed by atoms with Crippen molar-refractivity contribution in [3.8, 4) is 17.2 Å². The maximum atomic E-state index is 5.95. The summed E-state index contributed by atoms with van der Waals surface area (Å²) in [7, 11) is 1.69. The minimum absolute atomic E-state index is 0.0512. The SMILES string of the molecule is C=CC(C)(CCCc1cccc(Oc2ccccc2)c1)c1ccc(OC)cc1. The number of hydrogen-bond donors (Lipinski definition) is 0. The largest absolute Gasteiger partial charge is 0.497 e. The molecular formula is C26H28O2. The predicted molar refractivity (Wildman–Crippen MR) is 116 cm³/mol. The smallest absolute Gasteiger partial charge is 0.127 e. The standard InChI is InChI=1S/C26H28O2/c1-4-26(2,22-15-17-23(27-3)18-16-22)19-9-11-21-10-8-14-25(20-21)28-24-12-6-5-7-13-24/h4-8,10,12-18,20H,1,9,11,19H2,2-3H3. The zero-order chi connectivity index (χ0) is 19.8. The molecule has 3 aromatic carbocycles. The summed E-state index contributed by atoms with van der Waals surface area (Å²) in [4.78, 5) is 0. The summed E-state index contributed by atoms with van der Waals surface area (Å²) in [6.45, 7) is 6.33. The summed E-state index contributed by atoms with van der Waals surface area (Å²) < 4.78 is 11.2. The maximum Gasteiger partial charge on any atom is 0.127 e. The molecule has 28 heavy (non-hydrogen) atoms. The molecule has 0 fully saturated rings. The lowest BCUT2D eigenvalue weighted by atomic mass is 9.78. The van der Waals surface area contributed by atoms with Crippen molar-refractivity contribution in [1.82, 2.24) is 0 Å². The molecule has 0 radical (unpaired) electrons. The third-order valence-electron chi connectivity index (χ3n) is 5.24. The number of para-hydroxylation sites is 1. The molecule has 0 aliphatic rings. The topological polar surface area (TPSA) is 18.5 Å². The molecule has 144 valence electrons. The van der Waals surface area contributed by atoms with Gasteiger partial charge in [-0.25, -0.2) is 0 Å². The van der Waals surface area contributed by atoms with E-state index >= 15 is 0 Å². The Morgan fingerprint density at radius 1 is 0.857 bits per heavy atom. The van der Waals surface area contributed by atoms with Crippen LogP contribution in [0.25, 0.3) is 0 Å². The van der Waals surface area contributed by atoms with Crippen LogP contribution >= 0.6 is 0 Å². The average molecular weight is 373 g/mol. The fourth-order valence-corrected chi connectivity index (χ4v) is 3.38. The molecule has 0 heterocycles. The number of ether oxygens (including phenoxy) is 2. The zero-order valence-corrected chi connectivity index (χ0v) is 16.7. The van der Waals surface area contributed by atoms with E-state index in [1.165, 1.54) is 11.1 Å². The van der Waals surface area contributed by atoms with Crippen LogP contribution in [-0.4, -0.2) is 7.11 Å². The van der Waals surface area contributed by atoms with Crippen molar-refractivity contribution in [2.75, 3.05) is 7.11 Å². The van der Waals surface area contributed by atoms with Crippen molar-refractivity contribution < 1.29 is 9.47 Å². The van der Waals surface area contributed by atoms with Crippen LogP contribution in [-0.2, 0) is 11.8 Å². The average Bonchev–Trinajstić information content (AvgIpc) is 2.75. The molecule has 2 nitrogen and oxygen atoms in total. The summed E-state index contributed by atoms with van der Waals surface area (Å²) in [6.07, 6.45) is 5.17. The van der Waals surface area contributed by atoms with Gasteiger partial charge in [-0.05, 0) is 66.8 Å². The molecule has 0 N–H and O–H groups in total. The van der Waals surface area contributed by atoms with Gasteiger partial charge in [0.15, 0.2) is 0 Å². The lowest BCUT2D eigenvalue weighted by molar-refractivity contribution is 0.414. The van der Waals surface area contributed by atoms with E-state index in [1.807, 2.05) is 48.5 Å². The van der Waals surface area contributed by atoms with Crippen LogP contribution in [0.1, 0.15) is 30.9 Å². The molecule has 0 aliphatic heterocycles.